The van der Waals surface area contributed by atoms with E-state index in [0.29, 0.717) is 18.0 Å². The van der Waals surface area contributed by atoms with Gasteiger partial charge in [-0.15, -0.1) is 0 Å². The normalized spacial score (nSPS) is 31.9. The maximum Gasteiger partial charge on any atom is 0.327 e. The van der Waals surface area contributed by atoms with Gasteiger partial charge < -0.3 is 10.1 Å². The highest BCUT2D eigenvalue weighted by atomic mass is 16.5. The van der Waals surface area contributed by atoms with Crippen molar-refractivity contribution in [2.75, 3.05) is 40.8 Å². The minimum atomic E-state index is -0.524. The number of carbonyl (C=O) groups is 1. The molecule has 116 valence electrons. The number of nitrogens with one attached hydrogen (secondary N) is 1. The summed E-state index contributed by atoms with van der Waals surface area (Å²) in [6.07, 6.45) is 2.24. The van der Waals surface area contributed by atoms with E-state index in [1.54, 1.807) is 0 Å². The highest BCUT2D eigenvalue weighted by molar-refractivity contribution is 5.82. The largest absolute Gasteiger partial charge is 0.468 e. The SMILES string of the molecule is CNC(CN1CC(C)N(C)C(C)C1)(C(=O)OC)C1CC1. The number of piperazine rings is 1. The van der Waals surface area contributed by atoms with Crippen LogP contribution in [0.4, 0.5) is 0 Å². The summed E-state index contributed by atoms with van der Waals surface area (Å²) in [6.45, 7) is 7.27. The van der Waals surface area contributed by atoms with Crippen molar-refractivity contribution in [1.82, 2.24) is 15.1 Å². The highest BCUT2D eigenvalue weighted by Gasteiger charge is 2.52. The van der Waals surface area contributed by atoms with Crippen LogP contribution >= 0.6 is 0 Å². The second-order valence-corrected chi connectivity index (χ2v) is 6.54. The second-order valence-electron chi connectivity index (χ2n) is 6.54. The van der Waals surface area contributed by atoms with Crippen LogP contribution in [-0.2, 0) is 9.53 Å². The van der Waals surface area contributed by atoms with E-state index in [9.17, 15) is 4.79 Å². The number of hydrogen-bond acceptors (Lipinski definition) is 5. The van der Waals surface area contributed by atoms with Gasteiger partial charge in [-0.25, -0.2) is 4.79 Å². The standard InChI is InChI=1S/C15H29N3O2/c1-11-8-18(9-12(2)17(11)4)10-15(16-3,13-6-7-13)14(19)20-5/h11-13,16H,6-10H2,1-5H3. The molecule has 5 heteroatoms. The number of esters is 1. The van der Waals surface area contributed by atoms with Crippen molar-refractivity contribution in [3.8, 4) is 0 Å². The average molecular weight is 283 g/mol. The fourth-order valence-electron chi connectivity index (χ4n) is 3.50. The minimum Gasteiger partial charge on any atom is -0.468 e. The lowest BCUT2D eigenvalue weighted by Crippen LogP contribution is -2.64. The van der Waals surface area contributed by atoms with Gasteiger partial charge in [-0.3, -0.25) is 9.80 Å². The van der Waals surface area contributed by atoms with Crippen LogP contribution in [0.5, 0.6) is 0 Å². The maximum atomic E-state index is 12.3. The molecule has 2 aliphatic rings. The van der Waals surface area contributed by atoms with Crippen molar-refractivity contribution >= 4 is 5.97 Å². The van der Waals surface area contributed by atoms with Crippen LogP contribution in [0.25, 0.3) is 0 Å². The number of methoxy groups -OCH3 is 1. The van der Waals surface area contributed by atoms with E-state index in [1.165, 1.54) is 7.11 Å². The van der Waals surface area contributed by atoms with Crippen LogP contribution in [0.1, 0.15) is 26.7 Å². The van der Waals surface area contributed by atoms with Gasteiger partial charge in [-0.2, -0.15) is 0 Å². The molecule has 2 rings (SSSR count). The first-order valence-corrected chi connectivity index (χ1v) is 7.66. The van der Waals surface area contributed by atoms with Crippen LogP contribution in [-0.4, -0.2) is 74.2 Å². The summed E-state index contributed by atoms with van der Waals surface area (Å²) in [6, 6.07) is 1.04. The van der Waals surface area contributed by atoms with Crippen LogP contribution in [0.15, 0.2) is 0 Å². The number of likely N-dealkylation sites (N-methyl/N-ethyl adjacent to an activating group) is 2. The molecule has 1 saturated heterocycles. The van der Waals surface area contributed by atoms with E-state index >= 15 is 0 Å². The zero-order valence-electron chi connectivity index (χ0n) is 13.5. The molecule has 3 atom stereocenters. The van der Waals surface area contributed by atoms with E-state index in [-0.39, 0.29) is 5.97 Å². The van der Waals surface area contributed by atoms with Crippen LogP contribution in [0.3, 0.4) is 0 Å². The molecule has 0 aromatic carbocycles. The molecule has 1 aliphatic heterocycles. The van der Waals surface area contributed by atoms with Gasteiger partial charge in [-0.05, 0) is 46.7 Å². The predicted octanol–water partition coefficient (Wildman–Crippen LogP) is 0.552. The molecule has 5 nitrogen and oxygen atoms in total. The first-order valence-electron chi connectivity index (χ1n) is 7.66. The van der Waals surface area contributed by atoms with Gasteiger partial charge in [0.25, 0.3) is 0 Å². The number of nitrogens with zero attached hydrogens (tertiary/aromatic N) is 2. The predicted molar refractivity (Wildman–Crippen MR) is 79.7 cm³/mol. The van der Waals surface area contributed by atoms with Gasteiger partial charge in [0.1, 0.15) is 5.54 Å². The van der Waals surface area contributed by atoms with Crippen molar-refractivity contribution in [2.45, 2.75) is 44.3 Å². The Kier molecular flexibility index (Phi) is 4.72. The summed E-state index contributed by atoms with van der Waals surface area (Å²) in [5.41, 5.74) is -0.524. The molecule has 0 spiro atoms. The van der Waals surface area contributed by atoms with E-state index < -0.39 is 5.54 Å². The molecule has 1 aliphatic carbocycles. The Morgan fingerprint density at radius 2 is 1.85 bits per heavy atom. The van der Waals surface area contributed by atoms with E-state index in [0.717, 1.165) is 32.5 Å². The van der Waals surface area contributed by atoms with Gasteiger partial charge in [0.05, 0.1) is 7.11 Å². The number of carbonyl (C=O) groups excluding carboxylic acids is 1. The van der Waals surface area contributed by atoms with Crippen molar-refractivity contribution in [2.24, 2.45) is 5.92 Å². The molecule has 0 bridgehead atoms. The third-order valence-electron chi connectivity index (χ3n) is 5.18. The van der Waals surface area contributed by atoms with Gasteiger partial charge in [0.15, 0.2) is 0 Å². The lowest BCUT2D eigenvalue weighted by molar-refractivity contribution is -0.151. The smallest absolute Gasteiger partial charge is 0.327 e. The molecule has 0 amide bonds. The van der Waals surface area contributed by atoms with Crippen LogP contribution < -0.4 is 5.32 Å². The topological polar surface area (TPSA) is 44.8 Å². The molecule has 0 radical (unpaired) electrons. The molecular formula is C15H29N3O2. The third-order valence-corrected chi connectivity index (χ3v) is 5.18. The van der Waals surface area contributed by atoms with Crippen molar-refractivity contribution in [3.05, 3.63) is 0 Å². The first-order chi connectivity index (χ1) is 9.44. The Hall–Kier alpha value is -0.650. The summed E-state index contributed by atoms with van der Waals surface area (Å²) in [5.74, 6) is 0.312. The molecule has 1 heterocycles. The Labute approximate surface area is 122 Å². The van der Waals surface area contributed by atoms with Gasteiger partial charge in [-0.1, -0.05) is 0 Å². The lowest BCUT2D eigenvalue weighted by Gasteiger charge is -2.45. The van der Waals surface area contributed by atoms with Gasteiger partial charge in [0.2, 0.25) is 0 Å². The van der Waals surface area contributed by atoms with Crippen molar-refractivity contribution in [3.63, 3.8) is 0 Å². The summed E-state index contributed by atoms with van der Waals surface area (Å²) in [7, 11) is 5.56. The Balaban J connectivity index is 2.10. The Bertz CT molecular complexity index is 347. The fourth-order valence-corrected chi connectivity index (χ4v) is 3.50. The monoisotopic (exact) mass is 283 g/mol. The number of hydrogen-bond donors (Lipinski definition) is 1. The van der Waals surface area contributed by atoms with Gasteiger partial charge >= 0.3 is 5.97 Å². The zero-order valence-corrected chi connectivity index (χ0v) is 13.5. The minimum absolute atomic E-state index is 0.110. The molecule has 1 N–H and O–H groups in total. The van der Waals surface area contributed by atoms with E-state index in [1.807, 2.05) is 7.05 Å². The first kappa shape index (κ1) is 15.7. The molecule has 0 aromatic heterocycles. The lowest BCUT2D eigenvalue weighted by atomic mass is 9.91. The quantitative estimate of drug-likeness (QED) is 0.747. The summed E-state index contributed by atoms with van der Waals surface area (Å²) in [4.78, 5) is 17.2. The Morgan fingerprint density at radius 1 is 1.30 bits per heavy atom. The third kappa shape index (κ3) is 2.85. The number of rotatable bonds is 5. The summed E-state index contributed by atoms with van der Waals surface area (Å²) in [5, 5.41) is 3.29. The molecular weight excluding hydrogens is 254 g/mol. The van der Waals surface area contributed by atoms with Crippen molar-refractivity contribution in [1.29, 1.82) is 0 Å². The second kappa shape index (κ2) is 6.00. The molecule has 2 fully saturated rings. The van der Waals surface area contributed by atoms with Crippen LogP contribution in [0.2, 0.25) is 0 Å². The maximum absolute atomic E-state index is 12.3. The Morgan fingerprint density at radius 3 is 2.25 bits per heavy atom. The summed E-state index contributed by atoms with van der Waals surface area (Å²) >= 11 is 0. The molecule has 0 aromatic rings. The zero-order chi connectivity index (χ0) is 14.9. The highest BCUT2D eigenvalue weighted by Crippen LogP contribution is 2.41. The molecule has 1 saturated carbocycles. The summed E-state index contributed by atoms with van der Waals surface area (Å²) < 4.78 is 5.09. The van der Waals surface area contributed by atoms with E-state index in [2.05, 4.69) is 36.0 Å². The fraction of sp³-hybridized carbons (Fsp3) is 0.933. The molecule has 20 heavy (non-hydrogen) atoms. The van der Waals surface area contributed by atoms with Crippen molar-refractivity contribution < 1.29 is 9.53 Å². The average Bonchev–Trinajstić information content (AvgIpc) is 3.26. The van der Waals surface area contributed by atoms with Gasteiger partial charge in [0, 0.05) is 31.7 Å². The van der Waals surface area contributed by atoms with Crippen LogP contribution in [0, 0.1) is 5.92 Å². The number of ether oxygens (including phenoxy) is 1. The van der Waals surface area contributed by atoms with E-state index in [4.69, 9.17) is 4.74 Å². The molecule has 3 unspecified atom stereocenters.